The third-order valence-corrected chi connectivity index (χ3v) is 1.89. The van der Waals surface area contributed by atoms with Crippen LogP contribution in [-0.4, -0.2) is 16.2 Å². The first kappa shape index (κ1) is 9.00. The van der Waals surface area contributed by atoms with Crippen LogP contribution in [0.25, 0.3) is 0 Å². The molecule has 12 heavy (non-hydrogen) atoms. The highest BCUT2D eigenvalue weighted by atomic mass is 28.1. The molecule has 0 atom stereocenters. The van der Waals surface area contributed by atoms with Gasteiger partial charge in [-0.1, -0.05) is 17.7 Å². The lowest BCUT2D eigenvalue weighted by molar-refractivity contribution is -0.131. The number of carbonyl (C=O) groups excluding carboxylic acids is 1. The number of esters is 1. The summed E-state index contributed by atoms with van der Waals surface area (Å²) < 4.78 is 4.87. The molecule has 1 aromatic carbocycles. The van der Waals surface area contributed by atoms with Gasteiger partial charge in [0.25, 0.3) is 0 Å². The third-order valence-electron chi connectivity index (χ3n) is 1.42. The van der Waals surface area contributed by atoms with Crippen LogP contribution in [0.5, 0.6) is 5.75 Å². The monoisotopic (exact) mass is 178 g/mol. The molecule has 0 spiro atoms. The third kappa shape index (κ3) is 2.51. The molecule has 1 rings (SSSR count). The van der Waals surface area contributed by atoms with E-state index < -0.39 is 0 Å². The van der Waals surface area contributed by atoms with Crippen molar-refractivity contribution in [2.45, 2.75) is 13.0 Å². The average molecular weight is 178 g/mol. The van der Waals surface area contributed by atoms with Gasteiger partial charge in [0.2, 0.25) is 0 Å². The van der Waals surface area contributed by atoms with Gasteiger partial charge < -0.3 is 4.74 Å². The minimum absolute atomic E-state index is 0.284. The summed E-state index contributed by atoms with van der Waals surface area (Å²) in [6, 6.07) is 8.37. The van der Waals surface area contributed by atoms with E-state index in [9.17, 15) is 4.79 Å². The van der Waals surface area contributed by atoms with E-state index in [-0.39, 0.29) is 5.97 Å². The Balaban J connectivity index is 2.71. The standard InChI is InChI=1S/C9H10O2Si/c1-7(10)11-9-4-2-8(6-12)3-5-9/h2-5,12H,6H2,1H3. The van der Waals surface area contributed by atoms with Crippen molar-refractivity contribution in [2.24, 2.45) is 0 Å². The summed E-state index contributed by atoms with van der Waals surface area (Å²) in [5.41, 5.74) is 1.20. The molecule has 0 saturated carbocycles. The van der Waals surface area contributed by atoms with Crippen molar-refractivity contribution in [3.8, 4) is 5.75 Å². The summed E-state index contributed by atoms with van der Waals surface area (Å²) in [5.74, 6) is 0.318. The van der Waals surface area contributed by atoms with E-state index in [1.165, 1.54) is 12.5 Å². The molecule has 0 fully saturated rings. The highest BCUT2D eigenvalue weighted by molar-refractivity contribution is 6.08. The maximum Gasteiger partial charge on any atom is 0.308 e. The Hall–Kier alpha value is -1.09. The smallest absolute Gasteiger partial charge is 0.308 e. The lowest BCUT2D eigenvalue weighted by Crippen LogP contribution is -2.01. The van der Waals surface area contributed by atoms with Crippen molar-refractivity contribution in [3.63, 3.8) is 0 Å². The van der Waals surface area contributed by atoms with Crippen LogP contribution in [0, 0.1) is 0 Å². The first-order valence-electron chi connectivity index (χ1n) is 3.70. The second-order valence-corrected chi connectivity index (χ2v) is 2.85. The Morgan fingerprint density at radius 3 is 2.42 bits per heavy atom. The molecule has 2 radical (unpaired) electrons. The Kier molecular flexibility index (Phi) is 3.05. The summed E-state index contributed by atoms with van der Waals surface area (Å²) in [4.78, 5) is 10.5. The zero-order valence-corrected chi connectivity index (χ0v) is 8.07. The summed E-state index contributed by atoms with van der Waals surface area (Å²) in [6.45, 7) is 1.39. The molecule has 0 aliphatic rings. The molecule has 0 amide bonds. The van der Waals surface area contributed by atoms with E-state index in [4.69, 9.17) is 4.74 Å². The summed E-state index contributed by atoms with van der Waals surface area (Å²) in [5, 5.41) is 0. The first-order valence-corrected chi connectivity index (χ1v) is 4.51. The topological polar surface area (TPSA) is 26.3 Å². The molecule has 0 N–H and O–H groups in total. The molecule has 0 aliphatic heterocycles. The zero-order chi connectivity index (χ0) is 8.97. The van der Waals surface area contributed by atoms with Crippen LogP contribution in [0.3, 0.4) is 0 Å². The molecule has 0 bridgehead atoms. The minimum atomic E-state index is -0.284. The van der Waals surface area contributed by atoms with Crippen LogP contribution in [0.1, 0.15) is 12.5 Å². The molecule has 0 unspecified atom stereocenters. The lowest BCUT2D eigenvalue weighted by atomic mass is 10.2. The number of ether oxygens (including phenoxy) is 1. The van der Waals surface area contributed by atoms with Crippen LogP contribution in [-0.2, 0) is 10.8 Å². The molecular weight excluding hydrogens is 168 g/mol. The van der Waals surface area contributed by atoms with E-state index in [2.05, 4.69) is 10.2 Å². The molecule has 1 aromatic rings. The van der Waals surface area contributed by atoms with Gasteiger partial charge in [0.1, 0.15) is 5.75 Å². The number of benzene rings is 1. The van der Waals surface area contributed by atoms with E-state index in [0.717, 1.165) is 6.04 Å². The predicted molar refractivity (Wildman–Crippen MR) is 48.6 cm³/mol. The summed E-state index contributed by atoms with van der Waals surface area (Å²) in [7, 11) is 2.64. The first-order chi connectivity index (χ1) is 5.72. The van der Waals surface area contributed by atoms with Crippen LogP contribution in [0.2, 0.25) is 0 Å². The lowest BCUT2D eigenvalue weighted by Gasteiger charge is -2.01. The van der Waals surface area contributed by atoms with Gasteiger partial charge in [-0.25, -0.2) is 0 Å². The fourth-order valence-corrected chi connectivity index (χ4v) is 1.13. The molecule has 3 heteroatoms. The summed E-state index contributed by atoms with van der Waals surface area (Å²) >= 11 is 0. The number of hydrogen-bond donors (Lipinski definition) is 0. The Morgan fingerprint density at radius 1 is 1.42 bits per heavy atom. The quantitative estimate of drug-likeness (QED) is 0.384. The fraction of sp³-hybridized carbons (Fsp3) is 0.222. The van der Waals surface area contributed by atoms with Crippen molar-refractivity contribution in [1.82, 2.24) is 0 Å². The minimum Gasteiger partial charge on any atom is -0.427 e. The van der Waals surface area contributed by atoms with Crippen molar-refractivity contribution >= 4 is 16.2 Å². The summed E-state index contributed by atoms with van der Waals surface area (Å²) in [6.07, 6.45) is 0. The van der Waals surface area contributed by atoms with Crippen molar-refractivity contribution < 1.29 is 9.53 Å². The predicted octanol–water partition coefficient (Wildman–Crippen LogP) is 1.01. The van der Waals surface area contributed by atoms with E-state index in [1.807, 2.05) is 12.1 Å². The van der Waals surface area contributed by atoms with Gasteiger partial charge in [-0.05, 0) is 18.2 Å². The van der Waals surface area contributed by atoms with Gasteiger partial charge in [0, 0.05) is 17.2 Å². The molecule has 0 heterocycles. The van der Waals surface area contributed by atoms with Crippen molar-refractivity contribution in [3.05, 3.63) is 29.8 Å². The SMILES string of the molecule is CC(=O)Oc1ccc(C[SiH])cc1. The zero-order valence-electron chi connectivity index (χ0n) is 6.91. The van der Waals surface area contributed by atoms with Crippen LogP contribution in [0.15, 0.2) is 24.3 Å². The maximum atomic E-state index is 10.5. The van der Waals surface area contributed by atoms with E-state index in [1.54, 1.807) is 12.1 Å². The molecule has 2 nitrogen and oxygen atoms in total. The molecule has 0 aliphatic carbocycles. The average Bonchev–Trinajstić information content (AvgIpc) is 2.05. The maximum absolute atomic E-state index is 10.5. The van der Waals surface area contributed by atoms with Crippen LogP contribution >= 0.6 is 0 Å². The molecular formula is C9H10O2Si. The fourth-order valence-electron chi connectivity index (χ4n) is 0.860. The largest absolute Gasteiger partial charge is 0.427 e. The van der Waals surface area contributed by atoms with Gasteiger partial charge >= 0.3 is 5.97 Å². The van der Waals surface area contributed by atoms with E-state index >= 15 is 0 Å². The second-order valence-electron chi connectivity index (χ2n) is 2.44. The van der Waals surface area contributed by atoms with Gasteiger partial charge in [0.15, 0.2) is 0 Å². The molecule has 0 aromatic heterocycles. The second kappa shape index (κ2) is 4.06. The highest BCUT2D eigenvalue weighted by Gasteiger charge is 1.96. The normalized spacial score (nSPS) is 9.50. The Labute approximate surface area is 75.0 Å². The molecule has 62 valence electrons. The van der Waals surface area contributed by atoms with Crippen LogP contribution in [0.4, 0.5) is 0 Å². The highest BCUT2D eigenvalue weighted by Crippen LogP contribution is 2.11. The van der Waals surface area contributed by atoms with E-state index in [0.29, 0.717) is 5.75 Å². The van der Waals surface area contributed by atoms with Crippen LogP contribution < -0.4 is 4.74 Å². The van der Waals surface area contributed by atoms with Crippen molar-refractivity contribution in [2.75, 3.05) is 0 Å². The van der Waals surface area contributed by atoms with Crippen molar-refractivity contribution in [1.29, 1.82) is 0 Å². The van der Waals surface area contributed by atoms with Gasteiger partial charge in [0.05, 0.1) is 0 Å². The Bertz CT molecular complexity index is 266. The van der Waals surface area contributed by atoms with Gasteiger partial charge in [-0.2, -0.15) is 0 Å². The van der Waals surface area contributed by atoms with Gasteiger partial charge in [-0.3, -0.25) is 4.79 Å². The number of hydrogen-bond acceptors (Lipinski definition) is 2. The number of rotatable bonds is 2. The van der Waals surface area contributed by atoms with Gasteiger partial charge in [-0.15, -0.1) is 0 Å². The molecule has 0 saturated heterocycles. The Morgan fingerprint density at radius 2 is 2.00 bits per heavy atom. The number of carbonyl (C=O) groups is 1.